The van der Waals surface area contributed by atoms with Crippen molar-refractivity contribution in [3.05, 3.63) is 60.2 Å². The molecule has 1 heterocycles. The van der Waals surface area contributed by atoms with Gasteiger partial charge in [0.05, 0.1) is 4.90 Å². The van der Waals surface area contributed by atoms with E-state index in [1.54, 1.807) is 22.5 Å². The van der Waals surface area contributed by atoms with Gasteiger partial charge >= 0.3 is 0 Å². The number of nitrogens with one attached hydrogen (secondary N) is 2. The molecule has 162 valence electrons. The minimum Gasteiger partial charge on any atom is -0.385 e. The minimum atomic E-state index is -3.60. The first-order valence-electron chi connectivity index (χ1n) is 10.5. The van der Waals surface area contributed by atoms with E-state index in [0.29, 0.717) is 37.0 Å². The van der Waals surface area contributed by atoms with Crippen LogP contribution in [0.4, 0.5) is 5.69 Å². The molecule has 1 saturated heterocycles. The zero-order valence-electron chi connectivity index (χ0n) is 17.7. The number of amides is 1. The molecule has 0 aliphatic carbocycles. The van der Waals surface area contributed by atoms with Gasteiger partial charge in [0, 0.05) is 37.4 Å². The third kappa shape index (κ3) is 5.83. The van der Waals surface area contributed by atoms with E-state index in [1.807, 2.05) is 30.3 Å². The number of nitrogens with zero attached hydrogens (tertiary/aromatic N) is 1. The highest BCUT2D eigenvalue weighted by atomic mass is 32.2. The Balaban J connectivity index is 1.55. The maximum Gasteiger partial charge on any atom is 0.251 e. The summed E-state index contributed by atoms with van der Waals surface area (Å²) in [5.41, 5.74) is 1.41. The molecule has 1 amide bonds. The van der Waals surface area contributed by atoms with E-state index in [1.165, 1.54) is 6.07 Å². The van der Waals surface area contributed by atoms with Gasteiger partial charge in [-0.05, 0) is 55.0 Å². The summed E-state index contributed by atoms with van der Waals surface area (Å²) in [5, 5.41) is 6.16. The Morgan fingerprint density at radius 2 is 1.70 bits per heavy atom. The summed E-state index contributed by atoms with van der Waals surface area (Å²) in [5.74, 6) is 0.408. The maximum atomic E-state index is 13.1. The van der Waals surface area contributed by atoms with Crippen LogP contribution >= 0.6 is 0 Å². The van der Waals surface area contributed by atoms with Crippen LogP contribution in [0, 0.1) is 11.8 Å². The lowest BCUT2D eigenvalue weighted by Crippen LogP contribution is -2.42. The monoisotopic (exact) mass is 429 g/mol. The molecular weight excluding hydrogens is 398 g/mol. The van der Waals surface area contributed by atoms with Gasteiger partial charge in [-0.3, -0.25) is 4.79 Å². The average Bonchev–Trinajstić information content (AvgIpc) is 2.73. The highest BCUT2D eigenvalue weighted by molar-refractivity contribution is 7.89. The SMILES string of the molecule is CC1CC(C)CN(S(=O)(=O)c2cccc(C(=O)NCCCNc3ccccc3)c2)C1. The standard InChI is InChI=1S/C23H31N3O3S/c1-18-14-19(2)17-26(16-18)30(28,29)22-11-6-8-20(15-22)23(27)25-13-7-12-24-21-9-4-3-5-10-21/h3-6,8-11,15,18-19,24H,7,12-14,16-17H2,1-2H3,(H,25,27). The molecule has 1 aliphatic heterocycles. The van der Waals surface area contributed by atoms with Crippen LogP contribution in [0.1, 0.15) is 37.0 Å². The van der Waals surface area contributed by atoms with Crippen LogP contribution in [-0.2, 0) is 10.0 Å². The predicted molar refractivity (Wildman–Crippen MR) is 120 cm³/mol. The van der Waals surface area contributed by atoms with Gasteiger partial charge in [0.1, 0.15) is 0 Å². The molecule has 3 rings (SSSR count). The topological polar surface area (TPSA) is 78.5 Å². The number of sulfonamides is 1. The summed E-state index contributed by atoms with van der Waals surface area (Å²) in [6, 6.07) is 16.2. The van der Waals surface area contributed by atoms with Crippen LogP contribution in [0.25, 0.3) is 0 Å². The molecule has 1 aliphatic rings. The minimum absolute atomic E-state index is 0.183. The second-order valence-corrected chi connectivity index (χ2v) is 10.1. The van der Waals surface area contributed by atoms with Gasteiger partial charge in [-0.15, -0.1) is 0 Å². The summed E-state index contributed by atoms with van der Waals surface area (Å²) in [4.78, 5) is 12.7. The zero-order chi connectivity index (χ0) is 21.6. The van der Waals surface area contributed by atoms with Gasteiger partial charge in [-0.25, -0.2) is 8.42 Å². The van der Waals surface area contributed by atoms with E-state index in [0.717, 1.165) is 25.1 Å². The molecule has 2 aromatic carbocycles. The molecule has 0 bridgehead atoms. The quantitative estimate of drug-likeness (QED) is 0.629. The van der Waals surface area contributed by atoms with Gasteiger partial charge in [0.15, 0.2) is 0 Å². The lowest BCUT2D eigenvalue weighted by atomic mass is 9.94. The maximum absolute atomic E-state index is 13.1. The highest BCUT2D eigenvalue weighted by Crippen LogP contribution is 2.27. The summed E-state index contributed by atoms with van der Waals surface area (Å²) in [7, 11) is -3.60. The first kappa shape index (κ1) is 22.3. The second-order valence-electron chi connectivity index (χ2n) is 8.20. The van der Waals surface area contributed by atoms with Crippen molar-refractivity contribution in [2.75, 3.05) is 31.5 Å². The third-order valence-electron chi connectivity index (χ3n) is 5.31. The van der Waals surface area contributed by atoms with Crippen LogP contribution < -0.4 is 10.6 Å². The summed E-state index contributed by atoms with van der Waals surface area (Å²) in [6.45, 7) is 6.46. The predicted octanol–water partition coefficient (Wildman–Crippen LogP) is 3.59. The van der Waals surface area contributed by atoms with E-state index in [2.05, 4.69) is 24.5 Å². The van der Waals surface area contributed by atoms with Crippen LogP contribution in [0.3, 0.4) is 0 Å². The fourth-order valence-electron chi connectivity index (χ4n) is 3.93. The number of carbonyl (C=O) groups excluding carboxylic acids is 1. The molecule has 2 unspecified atom stereocenters. The first-order chi connectivity index (χ1) is 14.4. The molecule has 2 N–H and O–H groups in total. The van der Waals surface area contributed by atoms with Crippen molar-refractivity contribution >= 4 is 21.6 Å². The normalized spacial score (nSPS) is 19.9. The van der Waals surface area contributed by atoms with Crippen LogP contribution in [0.15, 0.2) is 59.5 Å². The Kier molecular flexibility index (Phi) is 7.50. The van der Waals surface area contributed by atoms with Gasteiger partial charge in [0.25, 0.3) is 5.91 Å². The molecule has 2 atom stereocenters. The molecule has 0 radical (unpaired) electrons. The molecule has 1 fully saturated rings. The molecule has 6 nitrogen and oxygen atoms in total. The Bertz CT molecular complexity index is 937. The van der Waals surface area contributed by atoms with Crippen LogP contribution in [0.2, 0.25) is 0 Å². The number of para-hydroxylation sites is 1. The molecular formula is C23H31N3O3S. The third-order valence-corrected chi connectivity index (χ3v) is 7.14. The number of piperidine rings is 1. The molecule has 0 aromatic heterocycles. The summed E-state index contributed by atoms with van der Waals surface area (Å²) < 4.78 is 27.7. The smallest absolute Gasteiger partial charge is 0.251 e. The van der Waals surface area contributed by atoms with Crippen molar-refractivity contribution in [2.24, 2.45) is 11.8 Å². The largest absolute Gasteiger partial charge is 0.385 e. The van der Waals surface area contributed by atoms with Gasteiger partial charge in [-0.1, -0.05) is 38.1 Å². The number of hydrogen-bond acceptors (Lipinski definition) is 4. The van der Waals surface area contributed by atoms with Crippen molar-refractivity contribution in [1.29, 1.82) is 0 Å². The molecule has 30 heavy (non-hydrogen) atoms. The Labute approximate surface area is 179 Å². The molecule has 0 saturated carbocycles. The number of hydrogen-bond donors (Lipinski definition) is 2. The summed E-state index contributed by atoms with van der Waals surface area (Å²) >= 11 is 0. The lowest BCUT2D eigenvalue weighted by Gasteiger charge is -2.34. The zero-order valence-corrected chi connectivity index (χ0v) is 18.5. The molecule has 2 aromatic rings. The van der Waals surface area contributed by atoms with E-state index in [-0.39, 0.29) is 10.8 Å². The van der Waals surface area contributed by atoms with Crippen LogP contribution in [0.5, 0.6) is 0 Å². The van der Waals surface area contributed by atoms with E-state index < -0.39 is 10.0 Å². The van der Waals surface area contributed by atoms with E-state index in [9.17, 15) is 13.2 Å². The van der Waals surface area contributed by atoms with Gasteiger partial charge < -0.3 is 10.6 Å². The number of benzene rings is 2. The average molecular weight is 430 g/mol. The van der Waals surface area contributed by atoms with Gasteiger partial charge in [-0.2, -0.15) is 4.31 Å². The number of carbonyl (C=O) groups is 1. The van der Waals surface area contributed by atoms with Crippen molar-refractivity contribution in [1.82, 2.24) is 9.62 Å². The van der Waals surface area contributed by atoms with Crippen molar-refractivity contribution in [2.45, 2.75) is 31.6 Å². The van der Waals surface area contributed by atoms with Crippen molar-refractivity contribution in [3.8, 4) is 0 Å². The lowest BCUT2D eigenvalue weighted by molar-refractivity contribution is 0.0953. The fraction of sp³-hybridized carbons (Fsp3) is 0.435. The van der Waals surface area contributed by atoms with Crippen LogP contribution in [-0.4, -0.2) is 44.8 Å². The fourth-order valence-corrected chi connectivity index (χ4v) is 5.66. The van der Waals surface area contributed by atoms with E-state index in [4.69, 9.17) is 0 Å². The first-order valence-corrected chi connectivity index (χ1v) is 12.0. The Hall–Kier alpha value is -2.38. The van der Waals surface area contributed by atoms with Crippen molar-refractivity contribution < 1.29 is 13.2 Å². The second kappa shape index (κ2) is 10.1. The molecule has 7 heteroatoms. The highest BCUT2D eigenvalue weighted by Gasteiger charge is 2.31. The number of anilines is 1. The Morgan fingerprint density at radius 1 is 1.00 bits per heavy atom. The summed E-state index contributed by atoms with van der Waals surface area (Å²) in [6.07, 6.45) is 1.80. The Morgan fingerprint density at radius 3 is 2.40 bits per heavy atom. The van der Waals surface area contributed by atoms with Crippen molar-refractivity contribution in [3.63, 3.8) is 0 Å². The molecule has 0 spiro atoms. The van der Waals surface area contributed by atoms with E-state index >= 15 is 0 Å². The van der Waals surface area contributed by atoms with Gasteiger partial charge in [0.2, 0.25) is 10.0 Å². The number of rotatable bonds is 8.